The molecule has 2 aliphatic rings. The van der Waals surface area contributed by atoms with E-state index in [4.69, 9.17) is 5.11 Å². The predicted molar refractivity (Wildman–Crippen MR) is 81.4 cm³/mol. The molecule has 1 aromatic rings. The second-order valence-electron chi connectivity index (χ2n) is 4.83. The molecule has 1 amide bonds. The van der Waals surface area contributed by atoms with Gasteiger partial charge in [-0.2, -0.15) is 4.99 Å². The van der Waals surface area contributed by atoms with Gasteiger partial charge in [-0.05, 0) is 18.1 Å². The second kappa shape index (κ2) is 5.29. The SMILES string of the molecule is CC1=C(C(=O)O)SC2=NC(Cc3ccccc3)=NC(=O)C21. The van der Waals surface area contributed by atoms with E-state index in [1.54, 1.807) is 6.92 Å². The van der Waals surface area contributed by atoms with Crippen LogP contribution in [0.1, 0.15) is 12.5 Å². The summed E-state index contributed by atoms with van der Waals surface area (Å²) < 4.78 is 0. The van der Waals surface area contributed by atoms with Gasteiger partial charge in [-0.25, -0.2) is 9.79 Å². The van der Waals surface area contributed by atoms with Crippen LogP contribution < -0.4 is 0 Å². The monoisotopic (exact) mass is 300 g/mol. The number of aliphatic imine (C=N–C) groups is 2. The van der Waals surface area contributed by atoms with E-state index in [2.05, 4.69) is 9.98 Å². The average molecular weight is 300 g/mol. The van der Waals surface area contributed by atoms with E-state index in [-0.39, 0.29) is 10.8 Å². The van der Waals surface area contributed by atoms with Crippen molar-refractivity contribution >= 4 is 34.5 Å². The highest BCUT2D eigenvalue weighted by atomic mass is 32.2. The Morgan fingerprint density at radius 2 is 2.00 bits per heavy atom. The fourth-order valence-corrected chi connectivity index (χ4v) is 3.47. The number of aliphatic carboxylic acids is 1. The van der Waals surface area contributed by atoms with Crippen molar-refractivity contribution in [3.63, 3.8) is 0 Å². The third kappa shape index (κ3) is 2.54. The van der Waals surface area contributed by atoms with Gasteiger partial charge in [0.2, 0.25) is 0 Å². The molecule has 3 rings (SSSR count). The normalized spacial score (nSPS) is 21.0. The highest BCUT2D eigenvalue weighted by molar-refractivity contribution is 8.18. The quantitative estimate of drug-likeness (QED) is 0.929. The smallest absolute Gasteiger partial charge is 0.342 e. The van der Waals surface area contributed by atoms with Gasteiger partial charge >= 0.3 is 5.97 Å². The first-order chi connectivity index (χ1) is 10.1. The largest absolute Gasteiger partial charge is 0.477 e. The third-order valence-electron chi connectivity index (χ3n) is 3.37. The average Bonchev–Trinajstić information content (AvgIpc) is 2.77. The van der Waals surface area contributed by atoms with Gasteiger partial charge in [0.25, 0.3) is 5.91 Å². The Labute approximate surface area is 125 Å². The van der Waals surface area contributed by atoms with Crippen molar-refractivity contribution in [2.24, 2.45) is 15.9 Å². The first-order valence-electron chi connectivity index (χ1n) is 6.42. The zero-order chi connectivity index (χ0) is 15.0. The Kier molecular flexibility index (Phi) is 3.47. The van der Waals surface area contributed by atoms with Crippen molar-refractivity contribution in [1.82, 2.24) is 0 Å². The van der Waals surface area contributed by atoms with Gasteiger partial charge in [-0.15, -0.1) is 0 Å². The standard InChI is InChI=1S/C15H12N2O3S/c1-8-11-13(18)16-10(7-9-5-3-2-4-6-9)17-14(11)21-12(8)15(19)20/h2-6,11H,7H2,1H3,(H,19,20). The fraction of sp³-hybridized carbons (Fsp3) is 0.200. The summed E-state index contributed by atoms with van der Waals surface area (Å²) in [6, 6.07) is 9.61. The molecule has 6 heteroatoms. The number of fused-ring (bicyclic) bond motifs is 1. The molecule has 0 spiro atoms. The van der Waals surface area contributed by atoms with Crippen molar-refractivity contribution in [3.05, 3.63) is 46.4 Å². The number of carbonyl (C=O) groups excluding carboxylic acids is 1. The molecule has 0 aliphatic carbocycles. The Balaban J connectivity index is 1.87. The van der Waals surface area contributed by atoms with Crippen LogP contribution in [0.4, 0.5) is 0 Å². The molecule has 0 saturated heterocycles. The van der Waals surface area contributed by atoms with Crippen LogP contribution in [0, 0.1) is 5.92 Å². The molecule has 1 aromatic carbocycles. The summed E-state index contributed by atoms with van der Waals surface area (Å²) >= 11 is 1.06. The molecule has 21 heavy (non-hydrogen) atoms. The van der Waals surface area contributed by atoms with E-state index in [9.17, 15) is 9.59 Å². The van der Waals surface area contributed by atoms with Crippen LogP contribution in [0.15, 0.2) is 50.8 Å². The van der Waals surface area contributed by atoms with Crippen LogP contribution in [0.3, 0.4) is 0 Å². The maximum Gasteiger partial charge on any atom is 0.342 e. The number of thioether (sulfide) groups is 1. The lowest BCUT2D eigenvalue weighted by Crippen LogP contribution is -2.25. The number of amidine groups is 1. The molecular formula is C15H12N2O3S. The molecular weight excluding hydrogens is 288 g/mol. The Morgan fingerprint density at radius 1 is 1.29 bits per heavy atom. The molecule has 0 saturated carbocycles. The molecule has 0 aromatic heterocycles. The molecule has 0 radical (unpaired) electrons. The lowest BCUT2D eigenvalue weighted by atomic mass is 9.99. The minimum Gasteiger partial charge on any atom is -0.477 e. The van der Waals surface area contributed by atoms with Crippen LogP contribution in [-0.4, -0.2) is 27.9 Å². The maximum absolute atomic E-state index is 12.1. The number of hydrogen-bond acceptors (Lipinski definition) is 4. The minimum absolute atomic E-state index is 0.184. The van der Waals surface area contributed by atoms with E-state index in [0.717, 1.165) is 17.3 Å². The van der Waals surface area contributed by atoms with Crippen molar-refractivity contribution in [1.29, 1.82) is 0 Å². The van der Waals surface area contributed by atoms with Crippen LogP contribution in [0.5, 0.6) is 0 Å². The van der Waals surface area contributed by atoms with Gasteiger partial charge in [0.05, 0.1) is 9.95 Å². The predicted octanol–water partition coefficient (Wildman–Crippen LogP) is 2.29. The highest BCUT2D eigenvalue weighted by Gasteiger charge is 2.40. The highest BCUT2D eigenvalue weighted by Crippen LogP contribution is 2.40. The summed E-state index contributed by atoms with van der Waals surface area (Å²) in [6.45, 7) is 1.65. The van der Waals surface area contributed by atoms with Crippen molar-refractivity contribution in [2.45, 2.75) is 13.3 Å². The van der Waals surface area contributed by atoms with Gasteiger partial charge in [-0.1, -0.05) is 42.1 Å². The van der Waals surface area contributed by atoms with Crippen LogP contribution in [0.2, 0.25) is 0 Å². The molecule has 1 unspecified atom stereocenters. The Morgan fingerprint density at radius 3 is 2.67 bits per heavy atom. The molecule has 1 atom stereocenters. The van der Waals surface area contributed by atoms with E-state index in [1.165, 1.54) is 0 Å². The number of amides is 1. The van der Waals surface area contributed by atoms with Gasteiger partial charge < -0.3 is 5.11 Å². The van der Waals surface area contributed by atoms with E-state index < -0.39 is 11.9 Å². The lowest BCUT2D eigenvalue weighted by molar-refractivity contribution is -0.131. The van der Waals surface area contributed by atoms with Gasteiger partial charge in [0.15, 0.2) is 0 Å². The number of carboxylic acids is 1. The van der Waals surface area contributed by atoms with Gasteiger partial charge in [0.1, 0.15) is 11.8 Å². The van der Waals surface area contributed by atoms with Gasteiger partial charge in [-0.3, -0.25) is 4.79 Å². The molecule has 5 nitrogen and oxygen atoms in total. The van der Waals surface area contributed by atoms with E-state index in [1.807, 2.05) is 30.3 Å². The summed E-state index contributed by atoms with van der Waals surface area (Å²) in [5.74, 6) is -1.52. The molecule has 1 N–H and O–H groups in total. The maximum atomic E-state index is 12.1. The number of carboxylic acid groups (broad SMARTS) is 1. The van der Waals surface area contributed by atoms with E-state index >= 15 is 0 Å². The number of carbonyl (C=O) groups is 2. The second-order valence-corrected chi connectivity index (χ2v) is 5.86. The zero-order valence-corrected chi connectivity index (χ0v) is 12.1. The molecule has 2 heterocycles. The topological polar surface area (TPSA) is 79.1 Å². The van der Waals surface area contributed by atoms with Crippen LogP contribution >= 0.6 is 11.8 Å². The first kappa shape index (κ1) is 13.8. The molecule has 0 fully saturated rings. The summed E-state index contributed by atoms with van der Waals surface area (Å²) in [7, 11) is 0. The summed E-state index contributed by atoms with van der Waals surface area (Å²) in [5, 5.41) is 9.66. The lowest BCUT2D eigenvalue weighted by Gasteiger charge is -2.14. The molecule has 0 bridgehead atoms. The van der Waals surface area contributed by atoms with Crippen molar-refractivity contribution in [2.75, 3.05) is 0 Å². The third-order valence-corrected chi connectivity index (χ3v) is 4.61. The summed E-state index contributed by atoms with van der Waals surface area (Å²) in [5.41, 5.74) is 1.54. The zero-order valence-electron chi connectivity index (χ0n) is 11.2. The van der Waals surface area contributed by atoms with E-state index in [0.29, 0.717) is 22.9 Å². The molecule has 106 valence electrons. The minimum atomic E-state index is -1.02. The van der Waals surface area contributed by atoms with Crippen molar-refractivity contribution in [3.8, 4) is 0 Å². The number of rotatable bonds is 3. The number of benzene rings is 1. The number of hydrogen-bond donors (Lipinski definition) is 1. The Bertz CT molecular complexity index is 720. The fourth-order valence-electron chi connectivity index (χ4n) is 2.35. The summed E-state index contributed by atoms with van der Waals surface area (Å²) in [4.78, 5) is 31.9. The number of nitrogens with zero attached hydrogens (tertiary/aromatic N) is 2. The van der Waals surface area contributed by atoms with Crippen LogP contribution in [0.25, 0.3) is 0 Å². The van der Waals surface area contributed by atoms with Crippen LogP contribution in [-0.2, 0) is 16.0 Å². The summed E-state index contributed by atoms with van der Waals surface area (Å²) in [6.07, 6.45) is 0.463. The molecule has 2 aliphatic heterocycles. The Hall–Kier alpha value is -2.21. The van der Waals surface area contributed by atoms with Gasteiger partial charge in [0, 0.05) is 6.42 Å². The van der Waals surface area contributed by atoms with Crippen molar-refractivity contribution < 1.29 is 14.7 Å². The first-order valence-corrected chi connectivity index (χ1v) is 7.23.